The van der Waals surface area contributed by atoms with E-state index in [2.05, 4.69) is 38.7 Å². The highest BCUT2D eigenvalue weighted by atomic mass is 127. The van der Waals surface area contributed by atoms with Gasteiger partial charge in [0, 0.05) is 26.6 Å². The first-order valence-corrected chi connectivity index (χ1v) is 9.26. The minimum atomic E-state index is 0. The number of methoxy groups -OCH3 is 1. The van der Waals surface area contributed by atoms with Crippen molar-refractivity contribution in [2.75, 3.05) is 27.3 Å². The Kier molecular flexibility index (Phi) is 8.97. The summed E-state index contributed by atoms with van der Waals surface area (Å²) in [7, 11) is 3.43. The summed E-state index contributed by atoms with van der Waals surface area (Å²) in [5.74, 6) is 3.42. The number of halogens is 1. The van der Waals surface area contributed by atoms with Crippen LogP contribution in [0.25, 0.3) is 0 Å². The first kappa shape index (κ1) is 22.4. The largest absolute Gasteiger partial charge is 0.492 e. The molecular formula is C19H29IN6O2. The van der Waals surface area contributed by atoms with Gasteiger partial charge in [0.15, 0.2) is 11.8 Å². The maximum absolute atomic E-state index is 5.76. The maximum Gasteiger partial charge on any atom is 0.191 e. The Morgan fingerprint density at radius 2 is 2.25 bits per heavy atom. The third kappa shape index (κ3) is 6.33. The van der Waals surface area contributed by atoms with Gasteiger partial charge in [0.05, 0.1) is 13.1 Å². The summed E-state index contributed by atoms with van der Waals surface area (Å²) in [5, 5.41) is 11.3. The maximum atomic E-state index is 5.76. The molecular weight excluding hydrogens is 471 g/mol. The zero-order valence-corrected chi connectivity index (χ0v) is 19.0. The number of aliphatic imine (C=N–C) groups is 1. The topological polar surface area (TPSA) is 85.6 Å². The molecule has 1 unspecified atom stereocenters. The van der Waals surface area contributed by atoms with E-state index in [4.69, 9.17) is 9.47 Å². The Bertz CT molecular complexity index is 780. The number of rotatable bonds is 7. The van der Waals surface area contributed by atoms with Crippen molar-refractivity contribution in [1.82, 2.24) is 25.4 Å². The average Bonchev–Trinajstić information content (AvgIpc) is 3.06. The lowest BCUT2D eigenvalue weighted by molar-refractivity contribution is 0.177. The predicted molar refractivity (Wildman–Crippen MR) is 119 cm³/mol. The van der Waals surface area contributed by atoms with Crippen molar-refractivity contribution < 1.29 is 9.47 Å². The van der Waals surface area contributed by atoms with Gasteiger partial charge in [-0.05, 0) is 31.0 Å². The Labute approximate surface area is 183 Å². The van der Waals surface area contributed by atoms with E-state index in [0.29, 0.717) is 19.8 Å². The molecule has 28 heavy (non-hydrogen) atoms. The van der Waals surface area contributed by atoms with Crippen molar-refractivity contribution in [2.45, 2.75) is 39.0 Å². The van der Waals surface area contributed by atoms with Crippen LogP contribution in [0.1, 0.15) is 23.6 Å². The molecule has 0 fully saturated rings. The number of nitrogens with one attached hydrogen (secondary N) is 2. The average molecular weight is 500 g/mol. The number of nitrogens with zero attached hydrogens (tertiary/aromatic N) is 4. The van der Waals surface area contributed by atoms with Gasteiger partial charge in [0.25, 0.3) is 0 Å². The van der Waals surface area contributed by atoms with Crippen molar-refractivity contribution in [3.63, 3.8) is 0 Å². The fraction of sp³-hybridized carbons (Fsp3) is 0.526. The van der Waals surface area contributed by atoms with Gasteiger partial charge >= 0.3 is 0 Å². The third-order valence-electron chi connectivity index (χ3n) is 4.39. The molecule has 1 aliphatic heterocycles. The highest BCUT2D eigenvalue weighted by Gasteiger charge is 2.22. The molecule has 1 aromatic heterocycles. The van der Waals surface area contributed by atoms with Crippen molar-refractivity contribution in [3.8, 4) is 5.75 Å². The van der Waals surface area contributed by atoms with Gasteiger partial charge in [0.2, 0.25) is 0 Å². The molecule has 2 heterocycles. The van der Waals surface area contributed by atoms with E-state index < -0.39 is 0 Å². The number of hydrogen-bond donors (Lipinski definition) is 2. The third-order valence-corrected chi connectivity index (χ3v) is 4.39. The lowest BCUT2D eigenvalue weighted by Crippen LogP contribution is -2.47. The fourth-order valence-corrected chi connectivity index (χ4v) is 3.10. The summed E-state index contributed by atoms with van der Waals surface area (Å²) in [5.41, 5.74) is 1.19. The summed E-state index contributed by atoms with van der Waals surface area (Å²) in [4.78, 5) is 8.81. The van der Waals surface area contributed by atoms with Crippen molar-refractivity contribution in [2.24, 2.45) is 4.99 Å². The number of aromatic nitrogens is 3. The molecule has 0 bridgehead atoms. The van der Waals surface area contributed by atoms with Crippen LogP contribution >= 0.6 is 24.0 Å². The number of guanidine groups is 1. The van der Waals surface area contributed by atoms with Gasteiger partial charge in [-0.3, -0.25) is 4.99 Å². The minimum absolute atomic E-state index is 0. The zero-order valence-electron chi connectivity index (χ0n) is 16.6. The number of hydrogen-bond acceptors (Lipinski definition) is 5. The number of fused-ring (bicyclic) bond motifs is 1. The standard InChI is InChI=1S/C19H28N6O2.HI/c1-14-5-4-6-16(11-14)27-10-9-21-19(20-2)22-15-7-8-18-23-17(13-26-3)24-25(18)12-15;/h4-6,11,15H,7-10,12-13H2,1-3H3,(H2,20,21,22);1H. The summed E-state index contributed by atoms with van der Waals surface area (Å²) in [6.07, 6.45) is 1.88. The van der Waals surface area contributed by atoms with E-state index in [1.165, 1.54) is 5.56 Å². The van der Waals surface area contributed by atoms with Crippen LogP contribution in [0.2, 0.25) is 0 Å². The molecule has 0 amide bonds. The summed E-state index contributed by atoms with van der Waals surface area (Å²) >= 11 is 0. The van der Waals surface area contributed by atoms with Crippen LogP contribution in [0.3, 0.4) is 0 Å². The minimum Gasteiger partial charge on any atom is -0.492 e. The van der Waals surface area contributed by atoms with Crippen molar-refractivity contribution >= 4 is 29.9 Å². The van der Waals surface area contributed by atoms with Gasteiger partial charge in [-0.1, -0.05) is 12.1 Å². The molecule has 0 saturated heterocycles. The number of aryl methyl sites for hydroxylation is 2. The van der Waals surface area contributed by atoms with Crippen LogP contribution in [-0.4, -0.2) is 54.1 Å². The number of benzene rings is 1. The van der Waals surface area contributed by atoms with Gasteiger partial charge < -0.3 is 20.1 Å². The van der Waals surface area contributed by atoms with Crippen LogP contribution in [0.15, 0.2) is 29.3 Å². The molecule has 2 aromatic rings. The van der Waals surface area contributed by atoms with Gasteiger partial charge in [-0.2, -0.15) is 5.10 Å². The smallest absolute Gasteiger partial charge is 0.191 e. The molecule has 0 spiro atoms. The Morgan fingerprint density at radius 3 is 3.00 bits per heavy atom. The number of ether oxygens (including phenoxy) is 2. The predicted octanol–water partition coefficient (Wildman–Crippen LogP) is 1.91. The first-order valence-electron chi connectivity index (χ1n) is 9.26. The molecule has 0 aliphatic carbocycles. The van der Waals surface area contributed by atoms with Gasteiger partial charge in [0.1, 0.15) is 24.8 Å². The van der Waals surface area contributed by atoms with E-state index in [-0.39, 0.29) is 30.0 Å². The molecule has 0 radical (unpaired) electrons. The second kappa shape index (κ2) is 11.2. The summed E-state index contributed by atoms with van der Waals surface area (Å²) in [6, 6.07) is 8.31. The molecule has 1 aliphatic rings. The molecule has 154 valence electrons. The Hall–Kier alpha value is -1.88. The molecule has 1 aromatic carbocycles. The van der Waals surface area contributed by atoms with Crippen LogP contribution in [0.4, 0.5) is 0 Å². The van der Waals surface area contributed by atoms with Gasteiger partial charge in [-0.15, -0.1) is 24.0 Å². The van der Waals surface area contributed by atoms with E-state index in [9.17, 15) is 0 Å². The Morgan fingerprint density at radius 1 is 1.39 bits per heavy atom. The normalized spacial score (nSPS) is 16.1. The van der Waals surface area contributed by atoms with E-state index in [0.717, 1.165) is 42.7 Å². The molecule has 9 heteroatoms. The van der Waals surface area contributed by atoms with Crippen LogP contribution in [0, 0.1) is 6.92 Å². The molecule has 3 rings (SSSR count). The van der Waals surface area contributed by atoms with Crippen LogP contribution < -0.4 is 15.4 Å². The highest BCUT2D eigenvalue weighted by Crippen LogP contribution is 2.14. The quantitative estimate of drug-likeness (QED) is 0.262. The molecule has 8 nitrogen and oxygen atoms in total. The Balaban J connectivity index is 0.00000280. The SMILES string of the molecule is CN=C(NCCOc1cccc(C)c1)NC1CCc2nc(COC)nn2C1.I. The van der Waals surface area contributed by atoms with Crippen LogP contribution in [0.5, 0.6) is 5.75 Å². The zero-order chi connectivity index (χ0) is 19.1. The fourth-order valence-electron chi connectivity index (χ4n) is 3.10. The van der Waals surface area contributed by atoms with Crippen molar-refractivity contribution in [1.29, 1.82) is 0 Å². The van der Waals surface area contributed by atoms with Gasteiger partial charge in [-0.25, -0.2) is 9.67 Å². The molecule has 0 saturated carbocycles. The second-order valence-corrected chi connectivity index (χ2v) is 6.60. The van der Waals surface area contributed by atoms with Crippen LogP contribution in [-0.2, 0) is 24.3 Å². The first-order chi connectivity index (χ1) is 13.2. The van der Waals surface area contributed by atoms with Crippen molar-refractivity contribution in [3.05, 3.63) is 41.5 Å². The summed E-state index contributed by atoms with van der Waals surface area (Å²) < 4.78 is 12.8. The second-order valence-electron chi connectivity index (χ2n) is 6.60. The highest BCUT2D eigenvalue weighted by molar-refractivity contribution is 14.0. The summed E-state index contributed by atoms with van der Waals surface area (Å²) in [6.45, 7) is 4.52. The van der Waals surface area contributed by atoms with E-state index >= 15 is 0 Å². The van der Waals surface area contributed by atoms with E-state index in [1.807, 2.05) is 22.9 Å². The molecule has 1 atom stereocenters. The lowest BCUT2D eigenvalue weighted by Gasteiger charge is -2.25. The molecule has 2 N–H and O–H groups in total. The lowest BCUT2D eigenvalue weighted by atomic mass is 10.1. The van der Waals surface area contributed by atoms with E-state index in [1.54, 1.807) is 14.2 Å². The monoisotopic (exact) mass is 500 g/mol.